The third-order valence-corrected chi connectivity index (χ3v) is 3.21. The van der Waals surface area contributed by atoms with Crippen molar-refractivity contribution in [3.63, 3.8) is 0 Å². The second kappa shape index (κ2) is 5.82. The Morgan fingerprint density at radius 1 is 1.33 bits per heavy atom. The Kier molecular flexibility index (Phi) is 4.37. The summed E-state index contributed by atoms with van der Waals surface area (Å²) in [5.41, 5.74) is 0.884. The maximum Gasteiger partial charge on any atom is 0.164 e. The van der Waals surface area contributed by atoms with Crippen LogP contribution in [0.1, 0.15) is 19.2 Å². The summed E-state index contributed by atoms with van der Waals surface area (Å²) in [4.78, 5) is 0. The van der Waals surface area contributed by atoms with E-state index in [0.717, 1.165) is 28.8 Å². The van der Waals surface area contributed by atoms with E-state index in [-0.39, 0.29) is 6.61 Å². The molecule has 1 N–H and O–H groups in total. The van der Waals surface area contributed by atoms with Gasteiger partial charge in [-0.05, 0) is 24.6 Å². The first-order chi connectivity index (χ1) is 8.65. The summed E-state index contributed by atoms with van der Waals surface area (Å²) < 4.78 is 2.81. The summed E-state index contributed by atoms with van der Waals surface area (Å²) in [6.07, 6.45) is 0.944. The molecule has 0 spiro atoms. The number of halogens is 2. The van der Waals surface area contributed by atoms with Crippen molar-refractivity contribution in [2.24, 2.45) is 0 Å². The highest BCUT2D eigenvalue weighted by molar-refractivity contribution is 9.10. The summed E-state index contributed by atoms with van der Waals surface area (Å²) in [5, 5.41) is 18.0. The Morgan fingerprint density at radius 3 is 2.72 bits per heavy atom. The lowest BCUT2D eigenvalue weighted by molar-refractivity contribution is 0.264. The van der Waals surface area contributed by atoms with Gasteiger partial charge in [-0.2, -0.15) is 0 Å². The normalized spacial score (nSPS) is 10.9. The summed E-state index contributed by atoms with van der Waals surface area (Å²) >= 11 is 9.44. The van der Waals surface area contributed by atoms with Gasteiger partial charge in [-0.3, -0.25) is 0 Å². The van der Waals surface area contributed by atoms with Crippen LogP contribution in [0.5, 0.6) is 0 Å². The number of aliphatic hydroxyl groups is 1. The van der Waals surface area contributed by atoms with Crippen molar-refractivity contribution in [2.45, 2.75) is 26.5 Å². The van der Waals surface area contributed by atoms with Crippen molar-refractivity contribution < 1.29 is 5.11 Å². The van der Waals surface area contributed by atoms with E-state index in [2.05, 4.69) is 33.1 Å². The number of hydrogen-bond donors (Lipinski definition) is 1. The molecule has 0 amide bonds. The molecule has 1 heterocycles. The molecule has 0 atom stereocenters. The van der Waals surface area contributed by atoms with Crippen molar-refractivity contribution in [2.75, 3.05) is 0 Å². The van der Waals surface area contributed by atoms with E-state index in [1.165, 1.54) is 0 Å². The van der Waals surface area contributed by atoms with Crippen molar-refractivity contribution in [3.8, 4) is 11.4 Å². The molecule has 0 aliphatic rings. The molecule has 18 heavy (non-hydrogen) atoms. The molecule has 0 radical (unpaired) electrons. The first-order valence-electron chi connectivity index (χ1n) is 5.65. The summed E-state index contributed by atoms with van der Waals surface area (Å²) in [7, 11) is 0. The molecule has 2 aromatic rings. The molecule has 1 aromatic carbocycles. The average Bonchev–Trinajstić information content (AvgIpc) is 2.71. The zero-order valence-corrected chi connectivity index (χ0v) is 12.2. The van der Waals surface area contributed by atoms with Crippen LogP contribution >= 0.6 is 27.5 Å². The van der Waals surface area contributed by atoms with Gasteiger partial charge < -0.3 is 9.67 Å². The number of aliphatic hydroxyl groups excluding tert-OH is 1. The van der Waals surface area contributed by atoms with Crippen molar-refractivity contribution in [1.29, 1.82) is 0 Å². The van der Waals surface area contributed by atoms with Crippen LogP contribution < -0.4 is 0 Å². The van der Waals surface area contributed by atoms with E-state index in [9.17, 15) is 5.11 Å². The zero-order valence-electron chi connectivity index (χ0n) is 9.90. The first-order valence-corrected chi connectivity index (χ1v) is 6.82. The van der Waals surface area contributed by atoms with Gasteiger partial charge in [0.1, 0.15) is 6.61 Å². The van der Waals surface area contributed by atoms with Crippen LogP contribution in [0.25, 0.3) is 11.4 Å². The minimum atomic E-state index is -0.116. The largest absolute Gasteiger partial charge is 0.388 e. The van der Waals surface area contributed by atoms with Gasteiger partial charge in [-0.1, -0.05) is 34.5 Å². The monoisotopic (exact) mass is 329 g/mol. The van der Waals surface area contributed by atoms with E-state index in [1.807, 2.05) is 22.8 Å². The molecule has 96 valence electrons. The van der Waals surface area contributed by atoms with Gasteiger partial charge in [0, 0.05) is 21.6 Å². The molecular formula is C12H13BrClN3O. The van der Waals surface area contributed by atoms with Crippen LogP contribution in [0.15, 0.2) is 22.7 Å². The van der Waals surface area contributed by atoms with Gasteiger partial charge >= 0.3 is 0 Å². The van der Waals surface area contributed by atoms with Crippen LogP contribution in [0.4, 0.5) is 0 Å². The lowest BCUT2D eigenvalue weighted by atomic mass is 10.2. The molecule has 6 heteroatoms. The predicted molar refractivity (Wildman–Crippen MR) is 74.4 cm³/mol. The molecule has 0 bridgehead atoms. The fourth-order valence-electron chi connectivity index (χ4n) is 1.81. The molecule has 0 saturated heterocycles. The SMILES string of the molecule is CCCn1c(CO)nnc1-c1cc(Cl)cc(Br)c1. The Morgan fingerprint density at radius 2 is 2.11 bits per heavy atom. The number of aromatic nitrogens is 3. The molecular weight excluding hydrogens is 318 g/mol. The second-order valence-electron chi connectivity index (χ2n) is 3.91. The smallest absolute Gasteiger partial charge is 0.164 e. The van der Waals surface area contributed by atoms with Gasteiger partial charge in [0.15, 0.2) is 11.6 Å². The third kappa shape index (κ3) is 2.74. The molecule has 0 fully saturated rings. The lowest BCUT2D eigenvalue weighted by Gasteiger charge is -2.08. The van der Waals surface area contributed by atoms with Crippen LogP contribution in [-0.4, -0.2) is 19.9 Å². The van der Waals surface area contributed by atoms with Crippen molar-refractivity contribution >= 4 is 27.5 Å². The highest BCUT2D eigenvalue weighted by Gasteiger charge is 2.13. The van der Waals surface area contributed by atoms with E-state index in [4.69, 9.17) is 11.6 Å². The minimum absolute atomic E-state index is 0.116. The Bertz CT molecular complexity index is 536. The van der Waals surface area contributed by atoms with E-state index in [0.29, 0.717) is 10.8 Å². The lowest BCUT2D eigenvalue weighted by Crippen LogP contribution is -2.05. The van der Waals surface area contributed by atoms with Crippen LogP contribution in [0, 0.1) is 0 Å². The molecule has 1 aromatic heterocycles. The zero-order chi connectivity index (χ0) is 13.1. The molecule has 0 aliphatic carbocycles. The van der Waals surface area contributed by atoms with Gasteiger partial charge in [0.05, 0.1) is 0 Å². The van der Waals surface area contributed by atoms with Gasteiger partial charge in [-0.25, -0.2) is 0 Å². The fraction of sp³-hybridized carbons (Fsp3) is 0.333. The minimum Gasteiger partial charge on any atom is -0.388 e. The molecule has 0 saturated carbocycles. The fourth-order valence-corrected chi connectivity index (χ4v) is 2.67. The highest BCUT2D eigenvalue weighted by Crippen LogP contribution is 2.27. The topological polar surface area (TPSA) is 50.9 Å². The van der Waals surface area contributed by atoms with Crippen LogP contribution in [-0.2, 0) is 13.2 Å². The van der Waals surface area contributed by atoms with Crippen LogP contribution in [0.3, 0.4) is 0 Å². The quantitative estimate of drug-likeness (QED) is 0.936. The number of rotatable bonds is 4. The second-order valence-corrected chi connectivity index (χ2v) is 5.26. The highest BCUT2D eigenvalue weighted by atomic mass is 79.9. The average molecular weight is 331 g/mol. The first kappa shape index (κ1) is 13.5. The molecule has 4 nitrogen and oxygen atoms in total. The Hall–Kier alpha value is -0.910. The maximum absolute atomic E-state index is 9.26. The van der Waals surface area contributed by atoms with Crippen LogP contribution in [0.2, 0.25) is 5.02 Å². The maximum atomic E-state index is 9.26. The standard InChI is InChI=1S/C12H13BrClN3O/c1-2-3-17-11(7-18)15-16-12(17)8-4-9(13)6-10(14)5-8/h4-6,18H,2-3,7H2,1H3. The van der Waals surface area contributed by atoms with Gasteiger partial charge in [0.25, 0.3) is 0 Å². The number of benzene rings is 1. The number of hydrogen-bond acceptors (Lipinski definition) is 3. The number of nitrogens with zero attached hydrogens (tertiary/aromatic N) is 3. The van der Waals surface area contributed by atoms with Crippen molar-refractivity contribution in [1.82, 2.24) is 14.8 Å². The summed E-state index contributed by atoms with van der Waals surface area (Å²) in [5.74, 6) is 1.30. The van der Waals surface area contributed by atoms with Gasteiger partial charge in [0.2, 0.25) is 0 Å². The van der Waals surface area contributed by atoms with E-state index in [1.54, 1.807) is 0 Å². The summed E-state index contributed by atoms with van der Waals surface area (Å²) in [6.45, 7) is 2.72. The van der Waals surface area contributed by atoms with Crippen molar-refractivity contribution in [3.05, 3.63) is 33.5 Å². The molecule has 0 unspecified atom stereocenters. The third-order valence-electron chi connectivity index (χ3n) is 2.54. The molecule has 2 rings (SSSR count). The predicted octanol–water partition coefficient (Wildman–Crippen LogP) is 3.26. The van der Waals surface area contributed by atoms with E-state index >= 15 is 0 Å². The van der Waals surface area contributed by atoms with Gasteiger partial charge in [-0.15, -0.1) is 10.2 Å². The summed E-state index contributed by atoms with van der Waals surface area (Å²) in [6, 6.07) is 5.59. The Labute approximate surface area is 119 Å². The Balaban J connectivity index is 2.52. The molecule has 0 aliphatic heterocycles. The van der Waals surface area contributed by atoms with E-state index < -0.39 is 0 Å².